The zero-order chi connectivity index (χ0) is 15.4. The van der Waals surface area contributed by atoms with E-state index in [9.17, 15) is 0 Å². The molecule has 0 saturated heterocycles. The van der Waals surface area contributed by atoms with Crippen LogP contribution >= 0.6 is 12.2 Å². The van der Waals surface area contributed by atoms with Crippen LogP contribution in [0.4, 0.5) is 11.4 Å². The zero-order valence-electron chi connectivity index (χ0n) is 12.6. The van der Waals surface area contributed by atoms with Crippen LogP contribution in [0.25, 0.3) is 0 Å². The summed E-state index contributed by atoms with van der Waals surface area (Å²) in [5.41, 5.74) is 10.1. The smallest absolute Gasteiger partial charge is 0.120 e. The molecule has 0 aliphatic heterocycles. The normalized spacial score (nSPS) is 10.2. The van der Waals surface area contributed by atoms with E-state index in [1.807, 2.05) is 30.3 Å². The van der Waals surface area contributed by atoms with Crippen molar-refractivity contribution in [3.8, 4) is 5.75 Å². The van der Waals surface area contributed by atoms with Crippen LogP contribution in [0.15, 0.2) is 42.5 Å². The molecule has 0 aliphatic carbocycles. The van der Waals surface area contributed by atoms with Gasteiger partial charge in [0.1, 0.15) is 10.7 Å². The van der Waals surface area contributed by atoms with Crippen LogP contribution in [0.1, 0.15) is 18.1 Å². The number of benzene rings is 2. The first-order valence-electron chi connectivity index (χ1n) is 6.89. The van der Waals surface area contributed by atoms with Gasteiger partial charge in [-0.2, -0.15) is 0 Å². The molecule has 2 N–H and O–H groups in total. The summed E-state index contributed by atoms with van der Waals surface area (Å²) in [4.78, 5) is 2.59. The van der Waals surface area contributed by atoms with Crippen molar-refractivity contribution in [2.75, 3.05) is 18.6 Å². The Balaban J connectivity index is 2.61. The van der Waals surface area contributed by atoms with Crippen LogP contribution in [0.2, 0.25) is 0 Å². The van der Waals surface area contributed by atoms with E-state index < -0.39 is 0 Å². The van der Waals surface area contributed by atoms with Crippen LogP contribution < -0.4 is 15.4 Å². The quantitative estimate of drug-likeness (QED) is 0.853. The summed E-state index contributed by atoms with van der Waals surface area (Å²) < 4.78 is 5.34. The summed E-state index contributed by atoms with van der Waals surface area (Å²) in [7, 11) is 1.66. The highest BCUT2D eigenvalue weighted by molar-refractivity contribution is 7.80. The Labute approximate surface area is 131 Å². The van der Waals surface area contributed by atoms with Gasteiger partial charge in [-0.05, 0) is 37.6 Å². The molecule has 0 saturated carbocycles. The second-order valence-electron chi connectivity index (χ2n) is 4.78. The molecule has 0 spiro atoms. The third-order valence-corrected chi connectivity index (χ3v) is 3.70. The van der Waals surface area contributed by atoms with Crippen LogP contribution in [0, 0.1) is 6.92 Å². The number of nitrogens with two attached hydrogens (primary N) is 1. The van der Waals surface area contributed by atoms with Gasteiger partial charge in [0.2, 0.25) is 0 Å². The number of methoxy groups -OCH3 is 1. The minimum atomic E-state index is 0.389. The minimum Gasteiger partial charge on any atom is -0.497 e. The summed E-state index contributed by atoms with van der Waals surface area (Å²) >= 11 is 5.19. The molecule has 3 nitrogen and oxygen atoms in total. The Kier molecular flexibility index (Phi) is 4.81. The van der Waals surface area contributed by atoms with Gasteiger partial charge in [-0.25, -0.2) is 0 Å². The second kappa shape index (κ2) is 6.59. The molecule has 0 aliphatic rings. The third-order valence-electron chi connectivity index (χ3n) is 3.48. The predicted octanol–water partition coefficient (Wildman–Crippen LogP) is 3.80. The van der Waals surface area contributed by atoms with Gasteiger partial charge in [0.15, 0.2) is 0 Å². The molecule has 2 rings (SSSR count). The number of hydrogen-bond acceptors (Lipinski definition) is 3. The van der Waals surface area contributed by atoms with Gasteiger partial charge in [0.25, 0.3) is 0 Å². The van der Waals surface area contributed by atoms with Gasteiger partial charge in [0.05, 0.1) is 12.8 Å². The lowest BCUT2D eigenvalue weighted by atomic mass is 10.1. The minimum absolute atomic E-state index is 0.389. The molecular weight excluding hydrogens is 280 g/mol. The molecule has 0 aromatic heterocycles. The van der Waals surface area contributed by atoms with Gasteiger partial charge in [-0.15, -0.1) is 0 Å². The van der Waals surface area contributed by atoms with E-state index in [0.717, 1.165) is 29.2 Å². The van der Waals surface area contributed by atoms with Crippen molar-refractivity contribution in [2.45, 2.75) is 13.8 Å². The molecule has 2 aromatic carbocycles. The van der Waals surface area contributed by atoms with E-state index in [0.29, 0.717) is 4.99 Å². The molecule has 0 atom stereocenters. The van der Waals surface area contributed by atoms with E-state index >= 15 is 0 Å². The highest BCUT2D eigenvalue weighted by atomic mass is 32.1. The fourth-order valence-electron chi connectivity index (χ4n) is 2.41. The molecule has 110 valence electrons. The molecule has 0 heterocycles. The van der Waals surface area contributed by atoms with Gasteiger partial charge in [0, 0.05) is 23.9 Å². The van der Waals surface area contributed by atoms with Crippen molar-refractivity contribution in [2.24, 2.45) is 5.73 Å². The lowest BCUT2D eigenvalue weighted by molar-refractivity contribution is 0.415. The Morgan fingerprint density at radius 2 is 1.90 bits per heavy atom. The highest BCUT2D eigenvalue weighted by Gasteiger charge is 2.16. The molecule has 0 amide bonds. The summed E-state index contributed by atoms with van der Waals surface area (Å²) in [5.74, 6) is 0.789. The number of para-hydroxylation sites is 1. The Morgan fingerprint density at radius 1 is 1.19 bits per heavy atom. The molecule has 4 heteroatoms. The monoisotopic (exact) mass is 300 g/mol. The summed E-state index contributed by atoms with van der Waals surface area (Å²) in [6.45, 7) is 5.02. The van der Waals surface area contributed by atoms with Crippen LogP contribution in [-0.2, 0) is 0 Å². The molecule has 0 bridgehead atoms. The van der Waals surface area contributed by atoms with Crippen molar-refractivity contribution < 1.29 is 4.74 Å². The number of rotatable bonds is 5. The lowest BCUT2D eigenvalue weighted by Crippen LogP contribution is -2.22. The number of ether oxygens (including phenoxy) is 1. The second-order valence-corrected chi connectivity index (χ2v) is 5.22. The number of anilines is 2. The first kappa shape index (κ1) is 15.3. The van der Waals surface area contributed by atoms with E-state index in [2.05, 4.69) is 30.9 Å². The maximum atomic E-state index is 5.88. The fraction of sp³-hybridized carbons (Fsp3) is 0.235. The SMILES string of the molecule is CCN(c1ccccc1C)c1cc(OC)ccc1C(N)=S. The first-order chi connectivity index (χ1) is 10.1. The average Bonchev–Trinajstić information content (AvgIpc) is 2.49. The van der Waals surface area contributed by atoms with Crippen molar-refractivity contribution in [1.29, 1.82) is 0 Å². The van der Waals surface area contributed by atoms with Gasteiger partial charge in [-0.3, -0.25) is 0 Å². The topological polar surface area (TPSA) is 38.5 Å². The van der Waals surface area contributed by atoms with Crippen molar-refractivity contribution in [3.05, 3.63) is 53.6 Å². The summed E-state index contributed by atoms with van der Waals surface area (Å²) in [5, 5.41) is 0. The van der Waals surface area contributed by atoms with Crippen molar-refractivity contribution in [1.82, 2.24) is 0 Å². The van der Waals surface area contributed by atoms with E-state index in [1.54, 1.807) is 7.11 Å². The van der Waals surface area contributed by atoms with E-state index in [1.165, 1.54) is 5.56 Å². The number of hydrogen-bond donors (Lipinski definition) is 1. The summed E-state index contributed by atoms with van der Waals surface area (Å²) in [6.07, 6.45) is 0. The van der Waals surface area contributed by atoms with E-state index in [4.69, 9.17) is 22.7 Å². The maximum absolute atomic E-state index is 5.88. The number of nitrogens with zero attached hydrogens (tertiary/aromatic N) is 1. The Bertz CT molecular complexity index is 655. The summed E-state index contributed by atoms with van der Waals surface area (Å²) in [6, 6.07) is 14.0. The predicted molar refractivity (Wildman–Crippen MR) is 92.7 cm³/mol. The van der Waals surface area contributed by atoms with Gasteiger partial charge < -0.3 is 15.4 Å². The molecule has 2 aromatic rings. The van der Waals surface area contributed by atoms with Crippen molar-refractivity contribution in [3.63, 3.8) is 0 Å². The molecule has 0 unspecified atom stereocenters. The average molecular weight is 300 g/mol. The molecular formula is C17H20N2OS. The Morgan fingerprint density at radius 3 is 2.48 bits per heavy atom. The molecule has 0 radical (unpaired) electrons. The van der Waals surface area contributed by atoms with Gasteiger partial charge in [-0.1, -0.05) is 30.4 Å². The van der Waals surface area contributed by atoms with Crippen LogP contribution in [0.5, 0.6) is 5.75 Å². The highest BCUT2D eigenvalue weighted by Crippen LogP contribution is 2.33. The van der Waals surface area contributed by atoms with Crippen molar-refractivity contribution >= 4 is 28.6 Å². The standard InChI is InChI=1S/C17H20N2OS/c1-4-19(15-8-6-5-7-12(15)2)16-11-13(20-3)9-10-14(16)17(18)21/h5-11H,4H2,1-3H3,(H2,18,21). The fourth-order valence-corrected chi connectivity index (χ4v) is 2.58. The van der Waals surface area contributed by atoms with Crippen LogP contribution in [-0.4, -0.2) is 18.6 Å². The van der Waals surface area contributed by atoms with E-state index in [-0.39, 0.29) is 0 Å². The molecule has 21 heavy (non-hydrogen) atoms. The number of thiocarbonyl (C=S) groups is 1. The van der Waals surface area contributed by atoms with Crippen LogP contribution in [0.3, 0.4) is 0 Å². The number of aryl methyl sites for hydroxylation is 1. The largest absolute Gasteiger partial charge is 0.497 e. The Hall–Kier alpha value is -2.07. The molecule has 0 fully saturated rings. The third kappa shape index (κ3) is 3.16. The lowest BCUT2D eigenvalue weighted by Gasteiger charge is -2.27. The zero-order valence-corrected chi connectivity index (χ0v) is 13.4. The first-order valence-corrected chi connectivity index (χ1v) is 7.30. The van der Waals surface area contributed by atoms with Gasteiger partial charge >= 0.3 is 0 Å². The maximum Gasteiger partial charge on any atom is 0.120 e.